The van der Waals surface area contributed by atoms with Crippen molar-refractivity contribution in [3.05, 3.63) is 95.6 Å². The Balaban J connectivity index is 0.00000641. The Morgan fingerprint density at radius 1 is 0.607 bits per heavy atom. The van der Waals surface area contributed by atoms with Gasteiger partial charge in [0.15, 0.2) is 0 Å². The molecular weight excluding hydrogens is 849 g/mol. The van der Waals surface area contributed by atoms with Crippen molar-refractivity contribution < 1.29 is 118 Å². The number of carboxylic acids is 2. The zero-order chi connectivity index (χ0) is 43.6. The van der Waals surface area contributed by atoms with Gasteiger partial charge in [0.2, 0.25) is 0 Å². The van der Waals surface area contributed by atoms with E-state index in [-0.39, 0.29) is 97.0 Å². The zero-order valence-corrected chi connectivity index (χ0v) is 41.6. The van der Waals surface area contributed by atoms with Crippen LogP contribution >= 0.6 is 23.5 Å². The maximum absolute atomic E-state index is 14.1. The first-order valence-corrected chi connectivity index (χ1v) is 21.0. The van der Waals surface area contributed by atoms with E-state index in [0.717, 1.165) is 20.9 Å². The Kier molecular flexibility index (Phi) is 22.8. The molecule has 0 aliphatic carbocycles. The average molecular weight is 901 g/mol. The van der Waals surface area contributed by atoms with Crippen LogP contribution in [-0.4, -0.2) is 74.1 Å². The maximum Gasteiger partial charge on any atom is 1.00 e. The van der Waals surface area contributed by atoms with Crippen molar-refractivity contribution in [2.24, 2.45) is 0 Å². The fraction of sp³-hybridized carbons (Fsp3) is 0.422. The number of halogens is 2. The van der Waals surface area contributed by atoms with Crippen molar-refractivity contribution in [2.45, 2.75) is 117 Å². The van der Waals surface area contributed by atoms with Crippen LogP contribution in [0.1, 0.15) is 90.2 Å². The van der Waals surface area contributed by atoms with Crippen molar-refractivity contribution in [3.8, 4) is 33.8 Å². The third-order valence-corrected chi connectivity index (χ3v) is 11.6. The molecule has 4 rings (SSSR count). The normalized spacial score (nSPS) is 13.5. The van der Waals surface area contributed by atoms with E-state index in [1.165, 1.54) is 24.3 Å². The van der Waals surface area contributed by atoms with Gasteiger partial charge < -0.3 is 49.7 Å². The summed E-state index contributed by atoms with van der Waals surface area (Å²) in [4.78, 5) is 23.6. The predicted molar refractivity (Wildman–Crippen MR) is 221 cm³/mol. The van der Waals surface area contributed by atoms with Crippen LogP contribution < -0.4 is 78.8 Å². The molecule has 0 aromatic heterocycles. The topological polar surface area (TPSA) is 180 Å². The molecule has 0 amide bonds. The van der Waals surface area contributed by atoms with Crippen LogP contribution in [0.3, 0.4) is 0 Å². The Bertz CT molecular complexity index is 1890. The summed E-state index contributed by atoms with van der Waals surface area (Å²) < 4.78 is 40.1. The Hall–Kier alpha value is -2.18. The fourth-order valence-electron chi connectivity index (χ4n) is 6.50. The van der Waals surface area contributed by atoms with Crippen molar-refractivity contribution in [3.63, 3.8) is 0 Å². The smallest absolute Gasteiger partial charge is 0.550 e. The molecular formula is C45H52F2Na2O10S2. The Morgan fingerprint density at radius 2 is 0.934 bits per heavy atom. The minimum Gasteiger partial charge on any atom is -0.550 e. The number of carboxylic acid groups (broad SMARTS) is 2. The second kappa shape index (κ2) is 25.3. The maximum atomic E-state index is 14.1. The molecule has 0 saturated carbocycles. The standard InChI is InChI=1S/C45H54F2O10S2.2Na/c1-25(2)37-19-35(21-39(27-7-11-29(46)12-8-27)43(37)56-23-33(50)15-31(48)17-41(52)53)58-45(5,6)59-36-20-38(26(3)4)44(40(22-36)28-9-13-30(47)14-10-28)57-24-34(51)16-32(49)18-42(54)55;;/h7-14,19-22,25-26,31-34,48-51H,15-18,23-24H2,1-6H3,(H,52,53)(H,54,55);;/q;2*+1/p-2/t31-,32-,33+,34+;;/m1../s1. The molecule has 0 aliphatic rings. The van der Waals surface area contributed by atoms with E-state index in [1.807, 2.05) is 52.0 Å². The number of aliphatic hydroxyl groups is 4. The quantitative estimate of drug-likeness (QED) is 0.0487. The summed E-state index contributed by atoms with van der Waals surface area (Å²) in [7, 11) is 0. The summed E-state index contributed by atoms with van der Waals surface area (Å²) in [5, 5.41) is 63.2. The van der Waals surface area contributed by atoms with Crippen LogP contribution in [0, 0.1) is 11.6 Å². The number of benzene rings is 4. The molecule has 4 atom stereocenters. The van der Waals surface area contributed by atoms with Crippen molar-refractivity contribution in [1.82, 2.24) is 0 Å². The monoisotopic (exact) mass is 900 g/mol. The number of carbonyl (C=O) groups is 2. The third kappa shape index (κ3) is 17.4. The van der Waals surface area contributed by atoms with Crippen LogP contribution in [-0.2, 0) is 9.59 Å². The van der Waals surface area contributed by atoms with Gasteiger partial charge in [-0.2, -0.15) is 0 Å². The third-order valence-electron chi connectivity index (χ3n) is 9.20. The van der Waals surface area contributed by atoms with Gasteiger partial charge in [0.25, 0.3) is 0 Å². The molecule has 4 aromatic carbocycles. The van der Waals surface area contributed by atoms with E-state index in [1.54, 1.807) is 47.8 Å². The van der Waals surface area contributed by atoms with Crippen LogP contribution in [0.5, 0.6) is 11.5 Å². The molecule has 16 heteroatoms. The number of thioether (sulfide) groups is 2. The molecule has 0 fully saturated rings. The number of aliphatic carboxylic acids is 2. The average Bonchev–Trinajstić information content (AvgIpc) is 3.12. The molecule has 0 radical (unpaired) electrons. The minimum absolute atomic E-state index is 0. The van der Waals surface area contributed by atoms with E-state index in [9.17, 15) is 49.0 Å². The second-order valence-electron chi connectivity index (χ2n) is 15.6. The van der Waals surface area contributed by atoms with Gasteiger partial charge in [0.1, 0.15) is 36.3 Å². The van der Waals surface area contributed by atoms with Crippen molar-refractivity contribution in [1.29, 1.82) is 0 Å². The van der Waals surface area contributed by atoms with Gasteiger partial charge in [-0.1, -0.05) is 52.0 Å². The SMILES string of the molecule is CC(C)c1cc(SC(C)(C)Sc2cc(-c3ccc(F)cc3)c(OC[C@@H](O)C[C@@H](O)CC(=O)[O-])c(C(C)C)c2)cc(-c2ccc(F)cc2)c1OC[C@@H](O)C[C@@H](O)CC(=O)[O-].[Na+].[Na+]. The van der Waals surface area contributed by atoms with Gasteiger partial charge in [0, 0.05) is 58.5 Å². The molecule has 4 aromatic rings. The summed E-state index contributed by atoms with van der Waals surface area (Å²) >= 11 is 3.17. The summed E-state index contributed by atoms with van der Waals surface area (Å²) in [6.07, 6.45) is -6.69. The molecule has 0 heterocycles. The van der Waals surface area contributed by atoms with Gasteiger partial charge in [-0.25, -0.2) is 8.78 Å². The Morgan fingerprint density at radius 3 is 1.23 bits per heavy atom. The minimum atomic E-state index is -1.43. The molecule has 320 valence electrons. The van der Waals surface area contributed by atoms with Crippen LogP contribution in [0.4, 0.5) is 8.78 Å². The van der Waals surface area contributed by atoms with Crippen LogP contribution in [0.25, 0.3) is 22.3 Å². The van der Waals surface area contributed by atoms with Gasteiger partial charge in [-0.05, 0) is 96.5 Å². The molecule has 0 spiro atoms. The summed E-state index contributed by atoms with van der Waals surface area (Å²) in [6.45, 7) is 11.6. The largest absolute Gasteiger partial charge is 1.00 e. The van der Waals surface area contributed by atoms with E-state index >= 15 is 0 Å². The number of carbonyl (C=O) groups excluding carboxylic acids is 2. The summed E-state index contributed by atoms with van der Waals surface area (Å²) in [5.41, 5.74) is 4.27. The van der Waals surface area contributed by atoms with E-state index in [2.05, 4.69) is 13.8 Å². The van der Waals surface area contributed by atoms with E-state index in [0.29, 0.717) is 33.8 Å². The van der Waals surface area contributed by atoms with Gasteiger partial charge in [-0.15, -0.1) is 23.5 Å². The fourth-order valence-corrected chi connectivity index (χ4v) is 9.10. The van der Waals surface area contributed by atoms with Gasteiger partial charge in [0.05, 0.1) is 28.5 Å². The molecule has 10 nitrogen and oxygen atoms in total. The molecule has 4 N–H and O–H groups in total. The number of rotatable bonds is 22. The molecule has 0 aliphatic heterocycles. The summed E-state index contributed by atoms with van der Waals surface area (Å²) in [5.74, 6) is -2.88. The molecule has 0 unspecified atom stereocenters. The van der Waals surface area contributed by atoms with E-state index < -0.39 is 64.9 Å². The number of hydrogen-bond donors (Lipinski definition) is 4. The van der Waals surface area contributed by atoms with E-state index in [4.69, 9.17) is 9.47 Å². The first kappa shape index (κ1) is 55.0. The van der Waals surface area contributed by atoms with Gasteiger partial charge >= 0.3 is 59.1 Å². The van der Waals surface area contributed by atoms with Crippen molar-refractivity contribution >= 4 is 35.5 Å². The first-order valence-electron chi connectivity index (χ1n) is 19.3. The van der Waals surface area contributed by atoms with Crippen molar-refractivity contribution in [2.75, 3.05) is 13.2 Å². The van der Waals surface area contributed by atoms with Crippen LogP contribution in [0.2, 0.25) is 0 Å². The van der Waals surface area contributed by atoms with Gasteiger partial charge in [-0.3, -0.25) is 0 Å². The second-order valence-corrected chi connectivity index (χ2v) is 19.2. The number of ether oxygens (including phenoxy) is 2. The first-order chi connectivity index (χ1) is 27.7. The molecule has 0 bridgehead atoms. The zero-order valence-electron chi connectivity index (χ0n) is 35.9. The van der Waals surface area contributed by atoms with Crippen LogP contribution in [0.15, 0.2) is 82.6 Å². The molecule has 0 saturated heterocycles. The number of hydrogen-bond acceptors (Lipinski definition) is 12. The predicted octanol–water partition coefficient (Wildman–Crippen LogP) is 0.436. The Labute approximate surface area is 409 Å². The molecule has 61 heavy (non-hydrogen) atoms. The summed E-state index contributed by atoms with van der Waals surface area (Å²) in [6, 6.07) is 19.8. The number of aliphatic hydroxyl groups excluding tert-OH is 4.